The summed E-state index contributed by atoms with van der Waals surface area (Å²) in [5.41, 5.74) is 0. The standard InChI is InChI=1S/C15H22N4O3S2/c1-3-13-16-15(22-17-13)11(2)19-8-6-12(7-9-19)18-24(20,21)14-5-4-10-23-14/h4-5,10-12,18H,3,6-9H2,1-2H3/t11-/m0/s1. The Balaban J connectivity index is 1.56. The average Bonchev–Trinajstić information content (AvgIpc) is 3.26. The van der Waals surface area contributed by atoms with Crippen molar-refractivity contribution in [2.75, 3.05) is 13.1 Å². The first-order valence-corrected chi connectivity index (χ1v) is 10.5. The molecule has 132 valence electrons. The molecule has 0 saturated carbocycles. The number of piperidine rings is 1. The van der Waals surface area contributed by atoms with E-state index in [2.05, 4.69) is 19.8 Å². The van der Waals surface area contributed by atoms with Gasteiger partial charge in [-0.2, -0.15) is 4.98 Å². The van der Waals surface area contributed by atoms with Crippen molar-refractivity contribution in [3.8, 4) is 0 Å². The molecule has 0 unspecified atom stereocenters. The van der Waals surface area contributed by atoms with Crippen LogP contribution in [0.1, 0.15) is 44.4 Å². The third-order valence-corrected chi connectivity index (χ3v) is 7.23. The Morgan fingerprint density at radius 1 is 1.46 bits per heavy atom. The van der Waals surface area contributed by atoms with Crippen LogP contribution in [0.25, 0.3) is 0 Å². The highest BCUT2D eigenvalue weighted by Crippen LogP contribution is 2.24. The van der Waals surface area contributed by atoms with Crippen LogP contribution in [0.5, 0.6) is 0 Å². The van der Waals surface area contributed by atoms with Crippen molar-refractivity contribution in [1.82, 2.24) is 19.8 Å². The van der Waals surface area contributed by atoms with Crippen molar-refractivity contribution in [2.24, 2.45) is 0 Å². The largest absolute Gasteiger partial charge is 0.338 e. The highest BCUT2D eigenvalue weighted by Gasteiger charge is 2.29. The summed E-state index contributed by atoms with van der Waals surface area (Å²) in [7, 11) is -3.40. The summed E-state index contributed by atoms with van der Waals surface area (Å²) in [4.78, 5) is 6.64. The van der Waals surface area contributed by atoms with E-state index in [4.69, 9.17) is 4.52 Å². The maximum absolute atomic E-state index is 12.3. The molecule has 0 aromatic carbocycles. The van der Waals surface area contributed by atoms with Gasteiger partial charge in [-0.25, -0.2) is 13.1 Å². The molecule has 0 amide bonds. The Morgan fingerprint density at radius 3 is 2.79 bits per heavy atom. The van der Waals surface area contributed by atoms with Gasteiger partial charge in [0.05, 0.1) is 6.04 Å². The summed E-state index contributed by atoms with van der Waals surface area (Å²) in [5, 5.41) is 5.71. The lowest BCUT2D eigenvalue weighted by molar-refractivity contribution is 0.134. The number of nitrogens with zero attached hydrogens (tertiary/aromatic N) is 3. The second-order valence-electron chi connectivity index (χ2n) is 5.94. The molecule has 3 heterocycles. The fourth-order valence-electron chi connectivity index (χ4n) is 2.84. The molecular weight excluding hydrogens is 348 g/mol. The second kappa shape index (κ2) is 7.30. The zero-order valence-corrected chi connectivity index (χ0v) is 15.4. The molecule has 1 aliphatic rings. The number of sulfonamides is 1. The number of hydrogen-bond acceptors (Lipinski definition) is 7. The van der Waals surface area contributed by atoms with Gasteiger partial charge in [0.15, 0.2) is 5.82 Å². The minimum absolute atomic E-state index is 0.0329. The summed E-state index contributed by atoms with van der Waals surface area (Å²) in [5.74, 6) is 1.35. The summed E-state index contributed by atoms with van der Waals surface area (Å²) >= 11 is 1.24. The Hall–Kier alpha value is -1.29. The van der Waals surface area contributed by atoms with E-state index in [0.717, 1.165) is 38.2 Å². The molecule has 1 saturated heterocycles. The molecule has 0 aliphatic carbocycles. The lowest BCUT2D eigenvalue weighted by atomic mass is 10.0. The minimum Gasteiger partial charge on any atom is -0.338 e. The molecule has 1 N–H and O–H groups in total. The second-order valence-corrected chi connectivity index (χ2v) is 8.83. The van der Waals surface area contributed by atoms with Crippen LogP contribution in [-0.4, -0.2) is 42.6 Å². The first-order chi connectivity index (χ1) is 11.5. The van der Waals surface area contributed by atoms with E-state index in [0.29, 0.717) is 10.1 Å². The predicted molar refractivity (Wildman–Crippen MR) is 91.3 cm³/mol. The van der Waals surface area contributed by atoms with Gasteiger partial charge in [0.1, 0.15) is 4.21 Å². The van der Waals surface area contributed by atoms with Gasteiger partial charge >= 0.3 is 0 Å². The van der Waals surface area contributed by atoms with E-state index in [1.54, 1.807) is 17.5 Å². The van der Waals surface area contributed by atoms with Crippen LogP contribution < -0.4 is 4.72 Å². The van der Waals surface area contributed by atoms with Gasteiger partial charge in [-0.05, 0) is 31.2 Å². The highest BCUT2D eigenvalue weighted by molar-refractivity contribution is 7.91. The average molecular weight is 371 g/mol. The van der Waals surface area contributed by atoms with E-state index >= 15 is 0 Å². The molecule has 0 bridgehead atoms. The number of thiophene rings is 1. The highest BCUT2D eigenvalue weighted by atomic mass is 32.2. The van der Waals surface area contributed by atoms with Crippen LogP contribution >= 0.6 is 11.3 Å². The maximum Gasteiger partial charge on any atom is 0.250 e. The van der Waals surface area contributed by atoms with Gasteiger partial charge < -0.3 is 4.52 Å². The van der Waals surface area contributed by atoms with Crippen LogP contribution in [0.4, 0.5) is 0 Å². The molecule has 1 atom stereocenters. The number of aromatic nitrogens is 2. The van der Waals surface area contributed by atoms with Crippen LogP contribution in [0.3, 0.4) is 0 Å². The molecule has 0 spiro atoms. The lowest BCUT2D eigenvalue weighted by Crippen LogP contribution is -2.45. The zero-order chi connectivity index (χ0) is 17.2. The van der Waals surface area contributed by atoms with Gasteiger partial charge in [-0.15, -0.1) is 11.3 Å². The Morgan fingerprint density at radius 2 is 2.21 bits per heavy atom. The fourth-order valence-corrected chi connectivity index (χ4v) is 5.15. The normalized spacial score (nSPS) is 18.8. The lowest BCUT2D eigenvalue weighted by Gasteiger charge is -2.34. The van der Waals surface area contributed by atoms with Crippen molar-refractivity contribution in [1.29, 1.82) is 0 Å². The Kier molecular flexibility index (Phi) is 5.33. The van der Waals surface area contributed by atoms with Gasteiger partial charge in [-0.1, -0.05) is 18.1 Å². The molecule has 0 radical (unpaired) electrons. The third-order valence-electron chi connectivity index (χ3n) is 4.32. The smallest absolute Gasteiger partial charge is 0.250 e. The number of nitrogens with one attached hydrogen (secondary N) is 1. The number of likely N-dealkylation sites (tertiary alicyclic amines) is 1. The Labute approximate surface area is 146 Å². The maximum atomic E-state index is 12.3. The number of hydrogen-bond donors (Lipinski definition) is 1. The molecule has 1 aliphatic heterocycles. The molecule has 9 heteroatoms. The quantitative estimate of drug-likeness (QED) is 0.839. The summed E-state index contributed by atoms with van der Waals surface area (Å²) in [6.07, 6.45) is 2.29. The molecule has 2 aromatic rings. The predicted octanol–water partition coefficient (Wildman–Crippen LogP) is 2.20. The first kappa shape index (κ1) is 17.5. The zero-order valence-electron chi connectivity index (χ0n) is 13.8. The molecular formula is C15H22N4O3S2. The summed E-state index contributed by atoms with van der Waals surface area (Å²) in [6.45, 7) is 5.62. The van der Waals surface area contributed by atoms with E-state index in [9.17, 15) is 8.42 Å². The summed E-state index contributed by atoms with van der Waals surface area (Å²) in [6, 6.07) is 3.39. The first-order valence-electron chi connectivity index (χ1n) is 8.12. The van der Waals surface area contributed by atoms with E-state index < -0.39 is 10.0 Å². The Bertz CT molecular complexity index is 750. The van der Waals surface area contributed by atoms with Crippen LogP contribution in [0.2, 0.25) is 0 Å². The minimum atomic E-state index is -3.40. The van der Waals surface area contributed by atoms with Gasteiger partial charge in [0, 0.05) is 25.6 Å². The SMILES string of the molecule is CCc1noc([C@H](C)N2CCC(NS(=O)(=O)c3cccs3)CC2)n1. The van der Waals surface area contributed by atoms with Crippen molar-refractivity contribution in [3.63, 3.8) is 0 Å². The molecule has 2 aromatic heterocycles. The van der Waals surface area contributed by atoms with Crippen molar-refractivity contribution in [3.05, 3.63) is 29.2 Å². The van der Waals surface area contributed by atoms with Crippen LogP contribution in [-0.2, 0) is 16.4 Å². The van der Waals surface area contributed by atoms with E-state index in [-0.39, 0.29) is 12.1 Å². The van der Waals surface area contributed by atoms with Crippen molar-refractivity contribution < 1.29 is 12.9 Å². The van der Waals surface area contributed by atoms with Crippen molar-refractivity contribution in [2.45, 2.75) is 49.4 Å². The van der Waals surface area contributed by atoms with Crippen molar-refractivity contribution >= 4 is 21.4 Å². The molecule has 24 heavy (non-hydrogen) atoms. The molecule has 1 fully saturated rings. The fraction of sp³-hybridized carbons (Fsp3) is 0.600. The van der Waals surface area contributed by atoms with E-state index in [1.165, 1.54) is 11.3 Å². The van der Waals surface area contributed by atoms with Crippen LogP contribution in [0, 0.1) is 0 Å². The van der Waals surface area contributed by atoms with Gasteiger partial charge in [0.2, 0.25) is 15.9 Å². The van der Waals surface area contributed by atoms with Crippen LogP contribution in [0.15, 0.2) is 26.2 Å². The topological polar surface area (TPSA) is 88.3 Å². The monoisotopic (exact) mass is 370 g/mol. The molecule has 3 rings (SSSR count). The van der Waals surface area contributed by atoms with E-state index in [1.807, 2.05) is 13.8 Å². The van der Waals surface area contributed by atoms with Gasteiger partial charge in [0.25, 0.3) is 0 Å². The number of rotatable bonds is 6. The summed E-state index contributed by atoms with van der Waals surface area (Å²) < 4.78 is 33.1. The number of aryl methyl sites for hydroxylation is 1. The van der Waals surface area contributed by atoms with Gasteiger partial charge in [-0.3, -0.25) is 4.90 Å². The third kappa shape index (κ3) is 3.85. The molecule has 7 nitrogen and oxygen atoms in total.